The van der Waals surface area contributed by atoms with Gasteiger partial charge in [-0.2, -0.15) is 0 Å². The number of nitrogens with zero attached hydrogens (tertiary/aromatic N) is 1. The van der Waals surface area contributed by atoms with Gasteiger partial charge in [0.25, 0.3) is 5.91 Å². The summed E-state index contributed by atoms with van der Waals surface area (Å²) in [6, 6.07) is 5.90. The second kappa shape index (κ2) is 6.71. The minimum absolute atomic E-state index is 0.176. The maximum absolute atomic E-state index is 12.7. The van der Waals surface area contributed by atoms with Crippen molar-refractivity contribution in [2.24, 2.45) is 7.05 Å². The van der Waals surface area contributed by atoms with E-state index in [1.807, 2.05) is 50.6 Å². The van der Waals surface area contributed by atoms with Gasteiger partial charge in [0.2, 0.25) is 5.43 Å². The van der Waals surface area contributed by atoms with E-state index < -0.39 is 0 Å². The molecule has 1 aromatic carbocycles. The molecule has 5 heteroatoms. The quantitative estimate of drug-likeness (QED) is 0.883. The van der Waals surface area contributed by atoms with Crippen molar-refractivity contribution in [3.8, 4) is 0 Å². The van der Waals surface area contributed by atoms with E-state index in [0.29, 0.717) is 10.2 Å². The minimum atomic E-state index is -0.368. The summed E-state index contributed by atoms with van der Waals surface area (Å²) < 4.78 is 2.27. The Morgan fingerprint density at radius 2 is 1.87 bits per heavy atom. The zero-order valence-electron chi connectivity index (χ0n) is 14.1. The van der Waals surface area contributed by atoms with Gasteiger partial charge < -0.3 is 9.88 Å². The number of hydrogen-bond acceptors (Lipinski definition) is 2. The average Bonchev–Trinajstić information content (AvgIpc) is 2.53. The molecule has 0 unspecified atom stereocenters. The van der Waals surface area contributed by atoms with Crippen LogP contribution in [0, 0.1) is 20.8 Å². The third-order valence-corrected chi connectivity index (χ3v) is 5.25. The fourth-order valence-electron chi connectivity index (χ4n) is 2.65. The van der Waals surface area contributed by atoms with E-state index in [2.05, 4.69) is 21.2 Å². The smallest absolute Gasteiger partial charge is 0.261 e. The molecule has 0 fully saturated rings. The minimum Gasteiger partial charge on any atom is -0.350 e. The maximum atomic E-state index is 12.7. The zero-order chi connectivity index (χ0) is 17.3. The summed E-state index contributed by atoms with van der Waals surface area (Å²) in [6.45, 7) is 7.62. The molecule has 0 atom stereocenters. The normalized spacial score (nSPS) is 10.7. The second-order valence-electron chi connectivity index (χ2n) is 5.66. The first-order valence-corrected chi connectivity index (χ1v) is 8.34. The van der Waals surface area contributed by atoms with Crippen LogP contribution in [0.1, 0.15) is 39.8 Å². The molecule has 1 N–H and O–H groups in total. The fourth-order valence-corrected chi connectivity index (χ4v) is 3.11. The standard InChI is InChI=1S/C18H21BrN2O2/c1-6-13-9-7-8-10(2)16(13)20-18(23)14-11(3)21(5)12(4)15(19)17(14)22/h7-9H,6H2,1-5H3,(H,20,23). The number of anilines is 1. The number of rotatable bonds is 3. The van der Waals surface area contributed by atoms with Gasteiger partial charge in [0.05, 0.1) is 4.47 Å². The Morgan fingerprint density at radius 3 is 2.48 bits per heavy atom. The molecule has 0 bridgehead atoms. The molecular weight excluding hydrogens is 356 g/mol. The molecule has 23 heavy (non-hydrogen) atoms. The van der Waals surface area contributed by atoms with Crippen molar-refractivity contribution in [3.05, 3.63) is 61.0 Å². The van der Waals surface area contributed by atoms with E-state index in [4.69, 9.17) is 0 Å². The highest BCUT2D eigenvalue weighted by atomic mass is 79.9. The van der Waals surface area contributed by atoms with Gasteiger partial charge in [-0.1, -0.05) is 25.1 Å². The molecule has 0 radical (unpaired) electrons. The van der Waals surface area contributed by atoms with E-state index in [0.717, 1.165) is 28.9 Å². The van der Waals surface area contributed by atoms with Crippen LogP contribution in [0.4, 0.5) is 5.69 Å². The lowest BCUT2D eigenvalue weighted by Gasteiger charge is -2.17. The molecule has 0 aliphatic carbocycles. The number of amides is 1. The van der Waals surface area contributed by atoms with Crippen molar-refractivity contribution in [1.29, 1.82) is 0 Å². The zero-order valence-corrected chi connectivity index (χ0v) is 15.7. The van der Waals surface area contributed by atoms with Gasteiger partial charge >= 0.3 is 0 Å². The molecule has 0 saturated heterocycles. The number of aromatic nitrogens is 1. The van der Waals surface area contributed by atoms with Gasteiger partial charge in [-0.25, -0.2) is 0 Å². The molecule has 1 aromatic heterocycles. The molecule has 2 rings (SSSR count). The molecule has 0 saturated carbocycles. The lowest BCUT2D eigenvalue weighted by atomic mass is 10.0. The van der Waals surface area contributed by atoms with Gasteiger partial charge in [0, 0.05) is 24.1 Å². The predicted molar refractivity (Wildman–Crippen MR) is 97.4 cm³/mol. The van der Waals surface area contributed by atoms with Gasteiger partial charge in [0.1, 0.15) is 5.56 Å². The Hall–Kier alpha value is -1.88. The Bertz CT molecular complexity index is 838. The molecule has 0 aliphatic rings. The van der Waals surface area contributed by atoms with Crippen molar-refractivity contribution < 1.29 is 4.79 Å². The first kappa shape index (κ1) is 17.5. The molecule has 1 amide bonds. The Labute approximate surface area is 144 Å². The number of para-hydroxylation sites is 1. The largest absolute Gasteiger partial charge is 0.350 e. The summed E-state index contributed by atoms with van der Waals surface area (Å²) in [7, 11) is 1.84. The van der Waals surface area contributed by atoms with Crippen molar-refractivity contribution in [1.82, 2.24) is 4.57 Å². The molecule has 122 valence electrons. The maximum Gasteiger partial charge on any atom is 0.261 e. The van der Waals surface area contributed by atoms with E-state index in [9.17, 15) is 9.59 Å². The van der Waals surface area contributed by atoms with Crippen molar-refractivity contribution in [2.45, 2.75) is 34.1 Å². The third-order valence-electron chi connectivity index (χ3n) is 4.32. The summed E-state index contributed by atoms with van der Waals surface area (Å²) in [6.07, 6.45) is 0.811. The number of carbonyl (C=O) groups is 1. The summed E-state index contributed by atoms with van der Waals surface area (Å²) >= 11 is 3.30. The molecule has 4 nitrogen and oxygen atoms in total. The first-order chi connectivity index (χ1) is 10.8. The van der Waals surface area contributed by atoms with E-state index in [1.54, 1.807) is 6.92 Å². The van der Waals surface area contributed by atoms with Gasteiger partial charge in [-0.15, -0.1) is 0 Å². The Kier molecular flexibility index (Phi) is 5.09. The van der Waals surface area contributed by atoms with Crippen molar-refractivity contribution >= 4 is 27.5 Å². The lowest BCUT2D eigenvalue weighted by Crippen LogP contribution is -2.28. The van der Waals surface area contributed by atoms with Crippen molar-refractivity contribution in [3.63, 3.8) is 0 Å². The highest BCUT2D eigenvalue weighted by molar-refractivity contribution is 9.10. The highest BCUT2D eigenvalue weighted by Crippen LogP contribution is 2.23. The number of hydrogen-bond donors (Lipinski definition) is 1. The van der Waals surface area contributed by atoms with Crippen LogP contribution in [0.2, 0.25) is 0 Å². The van der Waals surface area contributed by atoms with Gasteiger partial charge in [0.15, 0.2) is 0 Å². The number of nitrogens with one attached hydrogen (secondary N) is 1. The van der Waals surface area contributed by atoms with Crippen LogP contribution in [0.25, 0.3) is 0 Å². The van der Waals surface area contributed by atoms with Crippen LogP contribution in [0.5, 0.6) is 0 Å². The molecule has 2 aromatic rings. The van der Waals surface area contributed by atoms with Gasteiger partial charge in [-0.05, 0) is 54.2 Å². The monoisotopic (exact) mass is 376 g/mol. The Morgan fingerprint density at radius 1 is 1.22 bits per heavy atom. The van der Waals surface area contributed by atoms with E-state index in [-0.39, 0.29) is 16.9 Å². The summed E-state index contributed by atoms with van der Waals surface area (Å²) in [5.41, 5.74) is 4.18. The van der Waals surface area contributed by atoms with Crippen LogP contribution in [-0.2, 0) is 13.5 Å². The summed E-state index contributed by atoms with van der Waals surface area (Å²) in [5.74, 6) is -0.368. The number of benzene rings is 1. The van der Waals surface area contributed by atoms with Crippen LogP contribution in [-0.4, -0.2) is 10.5 Å². The molecular formula is C18H21BrN2O2. The first-order valence-electron chi connectivity index (χ1n) is 7.55. The van der Waals surface area contributed by atoms with Crippen LogP contribution in [0.3, 0.4) is 0 Å². The van der Waals surface area contributed by atoms with Gasteiger partial charge in [-0.3, -0.25) is 9.59 Å². The fraction of sp³-hybridized carbons (Fsp3) is 0.333. The number of pyridine rings is 1. The lowest BCUT2D eigenvalue weighted by molar-refractivity contribution is 0.102. The van der Waals surface area contributed by atoms with E-state index >= 15 is 0 Å². The van der Waals surface area contributed by atoms with Crippen LogP contribution < -0.4 is 10.7 Å². The Balaban J connectivity index is 2.54. The number of carbonyl (C=O) groups excluding carboxylic acids is 1. The highest BCUT2D eigenvalue weighted by Gasteiger charge is 2.21. The summed E-state index contributed by atoms with van der Waals surface area (Å²) in [4.78, 5) is 25.3. The van der Waals surface area contributed by atoms with E-state index in [1.165, 1.54) is 0 Å². The molecule has 0 spiro atoms. The molecule has 0 aliphatic heterocycles. The number of aryl methyl sites for hydroxylation is 2. The number of halogens is 1. The average molecular weight is 377 g/mol. The summed E-state index contributed by atoms with van der Waals surface area (Å²) in [5, 5.41) is 2.93. The SMILES string of the molecule is CCc1cccc(C)c1NC(=O)c1c(C)n(C)c(C)c(Br)c1=O. The third kappa shape index (κ3) is 3.11. The topological polar surface area (TPSA) is 51.1 Å². The second-order valence-corrected chi connectivity index (χ2v) is 6.46. The van der Waals surface area contributed by atoms with Crippen molar-refractivity contribution in [2.75, 3.05) is 5.32 Å². The van der Waals surface area contributed by atoms with Crippen LogP contribution in [0.15, 0.2) is 27.5 Å². The van der Waals surface area contributed by atoms with Crippen LogP contribution >= 0.6 is 15.9 Å². The molecule has 1 heterocycles. The predicted octanol–water partition coefficient (Wildman–Crippen LogP) is 3.89.